The number of nitrogen functional groups attached to an aromatic ring is 1. The number of hydrogen-bond acceptors (Lipinski definition) is 5. The van der Waals surface area contributed by atoms with Gasteiger partial charge in [-0.05, 0) is 31.2 Å². The van der Waals surface area contributed by atoms with Crippen molar-refractivity contribution in [2.24, 2.45) is 0 Å². The van der Waals surface area contributed by atoms with E-state index in [4.69, 9.17) is 22.1 Å². The van der Waals surface area contributed by atoms with Crippen molar-refractivity contribution < 1.29 is 9.53 Å². The molecule has 1 aromatic heterocycles. The summed E-state index contributed by atoms with van der Waals surface area (Å²) in [5.74, 6) is 0.499. The van der Waals surface area contributed by atoms with E-state index in [1.165, 1.54) is 4.90 Å². The predicted molar refractivity (Wildman–Crippen MR) is 85.0 cm³/mol. The lowest BCUT2D eigenvalue weighted by atomic mass is 10.2. The van der Waals surface area contributed by atoms with Gasteiger partial charge in [-0.2, -0.15) is 0 Å². The number of hydrogen-bond donors (Lipinski definition) is 1. The third-order valence-corrected chi connectivity index (χ3v) is 3.32. The lowest BCUT2D eigenvalue weighted by molar-refractivity contribution is 0.0778. The first-order chi connectivity index (χ1) is 10.4. The van der Waals surface area contributed by atoms with E-state index < -0.39 is 0 Å². The topological polar surface area (TPSA) is 81.3 Å². The minimum Gasteiger partial charge on any atom is -0.496 e. The Hall–Kier alpha value is -2.34. The van der Waals surface area contributed by atoms with Gasteiger partial charge in [0.15, 0.2) is 0 Å². The molecule has 6 nitrogen and oxygen atoms in total. The van der Waals surface area contributed by atoms with Crippen LogP contribution in [0.1, 0.15) is 21.7 Å². The molecule has 1 amide bonds. The number of aromatic nitrogens is 2. The molecule has 0 aliphatic carbocycles. The summed E-state index contributed by atoms with van der Waals surface area (Å²) in [5.41, 5.74) is 7.30. The van der Waals surface area contributed by atoms with Crippen molar-refractivity contribution in [1.82, 2.24) is 14.9 Å². The maximum Gasteiger partial charge on any atom is 0.272 e. The quantitative estimate of drug-likeness (QED) is 0.934. The van der Waals surface area contributed by atoms with Gasteiger partial charge in [-0.1, -0.05) is 11.6 Å². The van der Waals surface area contributed by atoms with E-state index in [1.807, 2.05) is 0 Å². The molecule has 0 unspecified atom stereocenters. The van der Waals surface area contributed by atoms with Gasteiger partial charge in [0.1, 0.15) is 11.4 Å². The standard InChI is InChI=1S/C15H17ClN4O2/c1-9-6-12(19-15(17)18-9)14(21)20(2)8-10-7-11(16)4-5-13(10)22-3/h4-7H,8H2,1-3H3,(H2,17,18,19). The number of aryl methyl sites for hydroxylation is 1. The van der Waals surface area contributed by atoms with Gasteiger partial charge in [0.25, 0.3) is 5.91 Å². The second-order valence-electron chi connectivity index (χ2n) is 4.87. The number of anilines is 1. The highest BCUT2D eigenvalue weighted by atomic mass is 35.5. The lowest BCUT2D eigenvalue weighted by Crippen LogP contribution is -2.27. The van der Waals surface area contributed by atoms with Crippen LogP contribution in [0.25, 0.3) is 0 Å². The van der Waals surface area contributed by atoms with E-state index in [1.54, 1.807) is 45.3 Å². The minimum atomic E-state index is -0.251. The second-order valence-corrected chi connectivity index (χ2v) is 5.31. The second kappa shape index (κ2) is 6.62. The van der Waals surface area contributed by atoms with E-state index in [0.717, 1.165) is 5.56 Å². The minimum absolute atomic E-state index is 0.0806. The molecular weight excluding hydrogens is 304 g/mol. The van der Waals surface area contributed by atoms with Gasteiger partial charge < -0.3 is 15.4 Å². The highest BCUT2D eigenvalue weighted by Crippen LogP contribution is 2.24. The first-order valence-corrected chi connectivity index (χ1v) is 6.97. The van der Waals surface area contributed by atoms with E-state index in [0.29, 0.717) is 23.0 Å². The zero-order chi connectivity index (χ0) is 16.3. The molecule has 2 aromatic rings. The number of nitrogens with two attached hydrogens (primary N) is 1. The fourth-order valence-electron chi connectivity index (χ4n) is 2.09. The maximum absolute atomic E-state index is 12.4. The highest BCUT2D eigenvalue weighted by Gasteiger charge is 2.17. The van der Waals surface area contributed by atoms with Crippen LogP contribution in [0.5, 0.6) is 5.75 Å². The molecule has 1 aromatic carbocycles. The third-order valence-electron chi connectivity index (χ3n) is 3.09. The predicted octanol–water partition coefficient (Wildman–Crippen LogP) is 2.30. The molecule has 7 heteroatoms. The normalized spacial score (nSPS) is 10.4. The zero-order valence-electron chi connectivity index (χ0n) is 12.6. The van der Waals surface area contributed by atoms with Crippen LogP contribution >= 0.6 is 11.6 Å². The number of rotatable bonds is 4. The van der Waals surface area contributed by atoms with Crippen molar-refractivity contribution in [1.29, 1.82) is 0 Å². The first kappa shape index (κ1) is 16.0. The monoisotopic (exact) mass is 320 g/mol. The Morgan fingerprint density at radius 1 is 1.36 bits per heavy atom. The summed E-state index contributed by atoms with van der Waals surface area (Å²) >= 11 is 6.00. The molecule has 0 radical (unpaired) electrons. The van der Waals surface area contributed by atoms with E-state index in [9.17, 15) is 4.79 Å². The number of carbonyl (C=O) groups excluding carboxylic acids is 1. The van der Waals surface area contributed by atoms with Gasteiger partial charge in [0.05, 0.1) is 7.11 Å². The number of nitrogens with zero attached hydrogens (tertiary/aromatic N) is 3. The Morgan fingerprint density at radius 2 is 2.09 bits per heavy atom. The zero-order valence-corrected chi connectivity index (χ0v) is 13.4. The summed E-state index contributed by atoms with van der Waals surface area (Å²) in [7, 11) is 3.25. The van der Waals surface area contributed by atoms with Crippen LogP contribution in [0.3, 0.4) is 0 Å². The van der Waals surface area contributed by atoms with Gasteiger partial charge in [-0.3, -0.25) is 4.79 Å². The van der Waals surface area contributed by atoms with Crippen molar-refractivity contribution in [3.63, 3.8) is 0 Å². The molecular formula is C15H17ClN4O2. The molecule has 0 saturated carbocycles. The number of ether oxygens (including phenoxy) is 1. The fraction of sp³-hybridized carbons (Fsp3) is 0.267. The Kier molecular flexibility index (Phi) is 4.82. The van der Waals surface area contributed by atoms with E-state index in [2.05, 4.69) is 9.97 Å². The summed E-state index contributed by atoms with van der Waals surface area (Å²) in [6.45, 7) is 2.10. The Bertz CT molecular complexity index is 686. The molecule has 0 spiro atoms. The van der Waals surface area contributed by atoms with Gasteiger partial charge in [0.2, 0.25) is 5.95 Å². The van der Waals surface area contributed by atoms with Gasteiger partial charge in [-0.25, -0.2) is 9.97 Å². The van der Waals surface area contributed by atoms with E-state index >= 15 is 0 Å². The molecule has 2 N–H and O–H groups in total. The van der Waals surface area contributed by atoms with Crippen LogP contribution in [0, 0.1) is 6.92 Å². The van der Waals surface area contributed by atoms with Gasteiger partial charge in [-0.15, -0.1) is 0 Å². The summed E-state index contributed by atoms with van der Waals surface area (Å²) in [4.78, 5) is 21.9. The molecule has 2 rings (SSSR count). The molecule has 22 heavy (non-hydrogen) atoms. The average molecular weight is 321 g/mol. The smallest absolute Gasteiger partial charge is 0.272 e. The van der Waals surface area contributed by atoms with Crippen LogP contribution in [0.15, 0.2) is 24.3 Å². The van der Waals surface area contributed by atoms with Crippen LogP contribution in [0.2, 0.25) is 5.02 Å². The molecule has 116 valence electrons. The highest BCUT2D eigenvalue weighted by molar-refractivity contribution is 6.30. The van der Waals surface area contributed by atoms with Crippen LogP contribution in [-0.4, -0.2) is 34.9 Å². The van der Waals surface area contributed by atoms with Crippen molar-refractivity contribution in [3.8, 4) is 5.75 Å². The SMILES string of the molecule is COc1ccc(Cl)cc1CN(C)C(=O)c1cc(C)nc(N)n1. The Morgan fingerprint density at radius 3 is 2.73 bits per heavy atom. The number of methoxy groups -OCH3 is 1. The summed E-state index contributed by atoms with van der Waals surface area (Å²) < 4.78 is 5.28. The number of carbonyl (C=O) groups is 1. The molecule has 0 aliphatic heterocycles. The van der Waals surface area contributed by atoms with Crippen molar-refractivity contribution in [3.05, 3.63) is 46.2 Å². The molecule has 0 fully saturated rings. The average Bonchev–Trinajstić information content (AvgIpc) is 2.45. The van der Waals surface area contributed by atoms with Crippen LogP contribution in [0.4, 0.5) is 5.95 Å². The Balaban J connectivity index is 2.23. The van der Waals surface area contributed by atoms with Crippen LogP contribution in [-0.2, 0) is 6.54 Å². The summed E-state index contributed by atoms with van der Waals surface area (Å²) in [6.07, 6.45) is 0. The van der Waals surface area contributed by atoms with Crippen molar-refractivity contribution in [2.45, 2.75) is 13.5 Å². The molecule has 1 heterocycles. The molecule has 0 bridgehead atoms. The van der Waals surface area contributed by atoms with Crippen molar-refractivity contribution in [2.75, 3.05) is 19.9 Å². The number of benzene rings is 1. The number of amides is 1. The molecule has 0 aliphatic rings. The van der Waals surface area contributed by atoms with Gasteiger partial charge in [0, 0.05) is 29.9 Å². The Labute approximate surface area is 133 Å². The summed E-state index contributed by atoms with van der Waals surface area (Å²) in [6, 6.07) is 6.87. The van der Waals surface area contributed by atoms with Gasteiger partial charge >= 0.3 is 0 Å². The van der Waals surface area contributed by atoms with E-state index in [-0.39, 0.29) is 17.5 Å². The van der Waals surface area contributed by atoms with Crippen LogP contribution < -0.4 is 10.5 Å². The molecule has 0 atom stereocenters. The lowest BCUT2D eigenvalue weighted by Gasteiger charge is -2.19. The third kappa shape index (κ3) is 3.65. The first-order valence-electron chi connectivity index (χ1n) is 6.59. The fourth-order valence-corrected chi connectivity index (χ4v) is 2.29. The largest absolute Gasteiger partial charge is 0.496 e. The summed E-state index contributed by atoms with van der Waals surface area (Å²) in [5, 5.41) is 0.582. The molecule has 0 saturated heterocycles. The van der Waals surface area contributed by atoms with Crippen molar-refractivity contribution >= 4 is 23.5 Å². The number of halogens is 1. The maximum atomic E-state index is 12.4.